The van der Waals surface area contributed by atoms with E-state index in [1.807, 2.05) is 66.3 Å². The molecule has 112 valence electrons. The van der Waals surface area contributed by atoms with Gasteiger partial charge in [-0.25, -0.2) is 0 Å². The number of amides is 1. The molecule has 4 nitrogen and oxygen atoms in total. The Morgan fingerprint density at radius 3 is 2.64 bits per heavy atom. The van der Waals surface area contributed by atoms with Gasteiger partial charge in [0, 0.05) is 29.7 Å². The van der Waals surface area contributed by atoms with Crippen molar-refractivity contribution >= 4 is 16.8 Å². The molecule has 0 spiro atoms. The quantitative estimate of drug-likeness (QED) is 0.777. The zero-order valence-electron chi connectivity index (χ0n) is 12.4. The summed E-state index contributed by atoms with van der Waals surface area (Å²) in [6.07, 6.45) is 1.93. The average Bonchev–Trinajstić information content (AvgIpc) is 2.94. The number of aliphatic hydroxyl groups excluding tert-OH is 1. The van der Waals surface area contributed by atoms with Crippen LogP contribution in [0.1, 0.15) is 22.0 Å². The van der Waals surface area contributed by atoms with E-state index in [4.69, 9.17) is 0 Å². The number of hydrogen-bond donors (Lipinski definition) is 2. The van der Waals surface area contributed by atoms with Gasteiger partial charge in [-0.05, 0) is 23.8 Å². The van der Waals surface area contributed by atoms with Gasteiger partial charge >= 0.3 is 0 Å². The summed E-state index contributed by atoms with van der Waals surface area (Å²) < 4.78 is 1.98. The summed E-state index contributed by atoms with van der Waals surface area (Å²) in [5, 5.41) is 13.4. The Labute approximate surface area is 129 Å². The average molecular weight is 294 g/mol. The van der Waals surface area contributed by atoms with Crippen molar-refractivity contribution in [2.45, 2.75) is 6.04 Å². The Balaban J connectivity index is 1.90. The number of hydrogen-bond acceptors (Lipinski definition) is 2. The minimum absolute atomic E-state index is 0.138. The fourth-order valence-corrected chi connectivity index (χ4v) is 2.66. The van der Waals surface area contributed by atoms with Crippen LogP contribution in [0.2, 0.25) is 0 Å². The summed E-state index contributed by atoms with van der Waals surface area (Å²) >= 11 is 0. The van der Waals surface area contributed by atoms with E-state index in [0.29, 0.717) is 5.56 Å². The minimum Gasteiger partial charge on any atom is -0.394 e. The molecular weight excluding hydrogens is 276 g/mol. The van der Waals surface area contributed by atoms with Crippen LogP contribution in [0.5, 0.6) is 0 Å². The summed E-state index contributed by atoms with van der Waals surface area (Å²) in [6, 6.07) is 16.6. The van der Waals surface area contributed by atoms with E-state index in [-0.39, 0.29) is 12.5 Å². The zero-order chi connectivity index (χ0) is 15.5. The van der Waals surface area contributed by atoms with Crippen molar-refractivity contribution in [3.63, 3.8) is 0 Å². The maximum absolute atomic E-state index is 12.6. The van der Waals surface area contributed by atoms with Crippen molar-refractivity contribution in [3.05, 3.63) is 71.9 Å². The van der Waals surface area contributed by atoms with E-state index < -0.39 is 6.04 Å². The standard InChI is InChI=1S/C18H18N2O2/c1-20-11-10-14-15(8-5-9-17(14)20)18(22)19-16(12-21)13-6-3-2-4-7-13/h2-11,16,21H,12H2,1H3,(H,19,22). The first kappa shape index (κ1) is 14.4. The Hall–Kier alpha value is -2.59. The highest BCUT2D eigenvalue weighted by molar-refractivity contribution is 6.06. The van der Waals surface area contributed by atoms with E-state index in [9.17, 15) is 9.90 Å². The number of rotatable bonds is 4. The topological polar surface area (TPSA) is 54.3 Å². The predicted octanol–water partition coefficient (Wildman–Crippen LogP) is 2.64. The van der Waals surface area contributed by atoms with Gasteiger partial charge in [-0.1, -0.05) is 36.4 Å². The first-order valence-electron chi connectivity index (χ1n) is 7.21. The van der Waals surface area contributed by atoms with Crippen LogP contribution >= 0.6 is 0 Å². The molecule has 0 bridgehead atoms. The van der Waals surface area contributed by atoms with Crippen LogP contribution < -0.4 is 5.32 Å². The van der Waals surface area contributed by atoms with Crippen LogP contribution in [0.15, 0.2) is 60.8 Å². The summed E-state index contributed by atoms with van der Waals surface area (Å²) in [5.74, 6) is -0.181. The van der Waals surface area contributed by atoms with E-state index in [2.05, 4.69) is 5.32 Å². The smallest absolute Gasteiger partial charge is 0.252 e. The molecule has 2 aromatic carbocycles. The van der Waals surface area contributed by atoms with E-state index in [0.717, 1.165) is 16.5 Å². The third-order valence-electron chi connectivity index (χ3n) is 3.86. The Bertz CT molecular complexity index is 793. The molecule has 4 heteroatoms. The maximum atomic E-state index is 12.6. The fraction of sp³-hybridized carbons (Fsp3) is 0.167. The molecule has 2 N–H and O–H groups in total. The highest BCUT2D eigenvalue weighted by Crippen LogP contribution is 2.20. The second-order valence-corrected chi connectivity index (χ2v) is 5.28. The van der Waals surface area contributed by atoms with Gasteiger partial charge in [-0.15, -0.1) is 0 Å². The van der Waals surface area contributed by atoms with Crippen LogP contribution in [-0.2, 0) is 7.05 Å². The van der Waals surface area contributed by atoms with Crippen molar-refractivity contribution in [1.29, 1.82) is 0 Å². The van der Waals surface area contributed by atoms with Crippen molar-refractivity contribution in [3.8, 4) is 0 Å². The van der Waals surface area contributed by atoms with Gasteiger partial charge in [0.05, 0.1) is 12.6 Å². The lowest BCUT2D eigenvalue weighted by atomic mass is 10.1. The highest BCUT2D eigenvalue weighted by atomic mass is 16.3. The lowest BCUT2D eigenvalue weighted by Gasteiger charge is -2.17. The van der Waals surface area contributed by atoms with Gasteiger partial charge in [-0.2, -0.15) is 0 Å². The molecule has 0 radical (unpaired) electrons. The molecule has 3 rings (SSSR count). The molecule has 0 aliphatic carbocycles. The van der Waals surface area contributed by atoms with Gasteiger partial charge in [0.1, 0.15) is 0 Å². The number of aliphatic hydroxyl groups is 1. The molecule has 22 heavy (non-hydrogen) atoms. The summed E-state index contributed by atoms with van der Waals surface area (Å²) in [7, 11) is 1.95. The first-order chi connectivity index (χ1) is 10.7. The van der Waals surface area contributed by atoms with Crippen LogP contribution in [0.3, 0.4) is 0 Å². The van der Waals surface area contributed by atoms with E-state index in [1.54, 1.807) is 6.07 Å². The molecule has 3 aromatic rings. The number of carbonyl (C=O) groups excluding carboxylic acids is 1. The van der Waals surface area contributed by atoms with Gasteiger partial charge in [0.2, 0.25) is 0 Å². The summed E-state index contributed by atoms with van der Waals surface area (Å²) in [6.45, 7) is -0.138. The molecule has 1 heterocycles. The number of aromatic nitrogens is 1. The lowest BCUT2D eigenvalue weighted by molar-refractivity contribution is 0.0918. The Morgan fingerprint density at radius 1 is 1.14 bits per heavy atom. The third-order valence-corrected chi connectivity index (χ3v) is 3.86. The molecule has 1 amide bonds. The fourth-order valence-electron chi connectivity index (χ4n) is 2.66. The number of aryl methyl sites for hydroxylation is 1. The maximum Gasteiger partial charge on any atom is 0.252 e. The first-order valence-corrected chi connectivity index (χ1v) is 7.21. The van der Waals surface area contributed by atoms with Crippen molar-refractivity contribution < 1.29 is 9.90 Å². The molecule has 1 aromatic heterocycles. The molecule has 1 unspecified atom stereocenters. The molecule has 0 saturated carbocycles. The van der Waals surface area contributed by atoms with E-state index in [1.165, 1.54) is 0 Å². The minimum atomic E-state index is -0.410. The van der Waals surface area contributed by atoms with Crippen LogP contribution in [0.4, 0.5) is 0 Å². The Kier molecular flexibility index (Phi) is 3.94. The van der Waals surface area contributed by atoms with Crippen molar-refractivity contribution in [2.24, 2.45) is 7.05 Å². The van der Waals surface area contributed by atoms with Crippen LogP contribution in [0.25, 0.3) is 10.9 Å². The number of benzene rings is 2. The second kappa shape index (κ2) is 6.03. The normalized spacial score (nSPS) is 12.3. The van der Waals surface area contributed by atoms with Crippen molar-refractivity contribution in [1.82, 2.24) is 9.88 Å². The van der Waals surface area contributed by atoms with Gasteiger partial charge in [0.25, 0.3) is 5.91 Å². The molecular formula is C18H18N2O2. The van der Waals surface area contributed by atoms with E-state index >= 15 is 0 Å². The zero-order valence-corrected chi connectivity index (χ0v) is 12.4. The number of carbonyl (C=O) groups is 1. The highest BCUT2D eigenvalue weighted by Gasteiger charge is 2.17. The van der Waals surface area contributed by atoms with Gasteiger partial charge < -0.3 is 15.0 Å². The van der Waals surface area contributed by atoms with Crippen molar-refractivity contribution in [2.75, 3.05) is 6.61 Å². The summed E-state index contributed by atoms with van der Waals surface area (Å²) in [4.78, 5) is 12.6. The number of fused-ring (bicyclic) bond motifs is 1. The Morgan fingerprint density at radius 2 is 1.91 bits per heavy atom. The second-order valence-electron chi connectivity index (χ2n) is 5.28. The van der Waals surface area contributed by atoms with Gasteiger partial charge in [0.15, 0.2) is 0 Å². The molecule has 0 aliphatic heterocycles. The molecule has 0 aliphatic rings. The number of nitrogens with one attached hydrogen (secondary N) is 1. The molecule has 0 saturated heterocycles. The largest absolute Gasteiger partial charge is 0.394 e. The lowest BCUT2D eigenvalue weighted by Crippen LogP contribution is -2.30. The molecule has 1 atom stereocenters. The number of nitrogens with zero attached hydrogens (tertiary/aromatic N) is 1. The predicted molar refractivity (Wildman–Crippen MR) is 86.7 cm³/mol. The summed E-state index contributed by atoms with van der Waals surface area (Å²) in [5.41, 5.74) is 2.51. The van der Waals surface area contributed by atoms with Crippen LogP contribution in [0, 0.1) is 0 Å². The third kappa shape index (κ3) is 2.61. The monoisotopic (exact) mass is 294 g/mol. The SMILES string of the molecule is Cn1ccc2c(C(=O)NC(CO)c3ccccc3)cccc21. The van der Waals surface area contributed by atoms with Crippen LogP contribution in [-0.4, -0.2) is 22.2 Å². The molecule has 0 fully saturated rings. The van der Waals surface area contributed by atoms with Gasteiger partial charge in [-0.3, -0.25) is 4.79 Å².